The van der Waals surface area contributed by atoms with Gasteiger partial charge in [0, 0.05) is 18.7 Å². The molecule has 4 nitrogen and oxygen atoms in total. The van der Waals surface area contributed by atoms with E-state index in [2.05, 4.69) is 10.6 Å². The Hall–Kier alpha value is -0.770. The molecular formula is C11H22N2O2. The fraction of sp³-hybridized carbons (Fsp3) is 0.909. The van der Waals surface area contributed by atoms with Gasteiger partial charge in [0.1, 0.15) is 0 Å². The number of carbonyl (C=O) groups is 1. The molecule has 88 valence electrons. The monoisotopic (exact) mass is 214 g/mol. The van der Waals surface area contributed by atoms with Crippen LogP contribution in [0.25, 0.3) is 0 Å². The molecular weight excluding hydrogens is 192 g/mol. The normalized spacial score (nSPS) is 22.2. The first-order valence-corrected chi connectivity index (χ1v) is 5.65. The van der Waals surface area contributed by atoms with Gasteiger partial charge in [-0.3, -0.25) is 0 Å². The number of amides is 2. The highest BCUT2D eigenvalue weighted by Crippen LogP contribution is 2.11. The lowest BCUT2D eigenvalue weighted by molar-refractivity contribution is 0.0183. The van der Waals surface area contributed by atoms with Crippen molar-refractivity contribution in [2.45, 2.75) is 51.7 Å². The second-order valence-electron chi connectivity index (χ2n) is 5.07. The van der Waals surface area contributed by atoms with Gasteiger partial charge in [-0.15, -0.1) is 0 Å². The predicted molar refractivity (Wildman–Crippen MR) is 59.9 cm³/mol. The topological polar surface area (TPSA) is 50.4 Å². The number of ether oxygens (including phenoxy) is 1. The molecule has 0 aromatic carbocycles. The molecule has 0 spiro atoms. The summed E-state index contributed by atoms with van der Waals surface area (Å²) in [5.41, 5.74) is -0.183. The molecule has 4 heteroatoms. The lowest BCUT2D eigenvalue weighted by Gasteiger charge is -2.25. The van der Waals surface area contributed by atoms with Crippen molar-refractivity contribution in [3.8, 4) is 0 Å². The Morgan fingerprint density at radius 3 is 2.67 bits per heavy atom. The van der Waals surface area contributed by atoms with Crippen LogP contribution in [0.2, 0.25) is 0 Å². The van der Waals surface area contributed by atoms with Crippen LogP contribution in [0, 0.1) is 0 Å². The molecule has 0 aromatic rings. The van der Waals surface area contributed by atoms with E-state index in [1.165, 1.54) is 6.42 Å². The predicted octanol–water partition coefficient (Wildman–Crippen LogP) is 1.65. The molecule has 1 heterocycles. The molecule has 1 aliphatic rings. The van der Waals surface area contributed by atoms with Gasteiger partial charge in [0.05, 0.1) is 6.10 Å². The zero-order chi connectivity index (χ0) is 11.3. The van der Waals surface area contributed by atoms with Gasteiger partial charge in [-0.1, -0.05) is 0 Å². The fourth-order valence-electron chi connectivity index (χ4n) is 1.56. The Morgan fingerprint density at radius 2 is 2.13 bits per heavy atom. The summed E-state index contributed by atoms with van der Waals surface area (Å²) < 4.78 is 5.52. The number of carbonyl (C=O) groups excluding carboxylic acids is 1. The maximum absolute atomic E-state index is 11.4. The molecule has 1 rings (SSSR count). The average Bonchev–Trinajstić information content (AvgIpc) is 2.14. The first-order chi connectivity index (χ1) is 6.97. The summed E-state index contributed by atoms with van der Waals surface area (Å²) in [4.78, 5) is 11.4. The van der Waals surface area contributed by atoms with Crippen LogP contribution in [0.4, 0.5) is 4.79 Å². The van der Waals surface area contributed by atoms with Gasteiger partial charge in [-0.05, 0) is 40.0 Å². The van der Waals surface area contributed by atoms with Crippen LogP contribution >= 0.6 is 0 Å². The molecule has 0 aliphatic carbocycles. The highest BCUT2D eigenvalue weighted by atomic mass is 16.5. The molecule has 1 fully saturated rings. The summed E-state index contributed by atoms with van der Waals surface area (Å²) in [6, 6.07) is -0.114. The second kappa shape index (κ2) is 5.35. The molecule has 0 aromatic heterocycles. The van der Waals surface area contributed by atoms with Crippen molar-refractivity contribution in [2.75, 3.05) is 13.2 Å². The maximum Gasteiger partial charge on any atom is 0.315 e. The van der Waals surface area contributed by atoms with E-state index < -0.39 is 0 Å². The van der Waals surface area contributed by atoms with Gasteiger partial charge < -0.3 is 15.4 Å². The third-order valence-electron chi connectivity index (χ3n) is 2.25. The summed E-state index contributed by atoms with van der Waals surface area (Å²) >= 11 is 0. The van der Waals surface area contributed by atoms with Crippen molar-refractivity contribution in [2.24, 2.45) is 0 Å². The van der Waals surface area contributed by atoms with Crippen LogP contribution < -0.4 is 10.6 Å². The lowest BCUT2D eigenvalue weighted by Crippen LogP contribution is -2.48. The fourth-order valence-corrected chi connectivity index (χ4v) is 1.56. The van der Waals surface area contributed by atoms with E-state index in [1.54, 1.807) is 0 Å². The van der Waals surface area contributed by atoms with Gasteiger partial charge in [0.25, 0.3) is 0 Å². The Bertz CT molecular complexity index is 205. The van der Waals surface area contributed by atoms with Crippen LogP contribution in [0.3, 0.4) is 0 Å². The highest BCUT2D eigenvalue weighted by molar-refractivity contribution is 5.74. The Labute approximate surface area is 91.8 Å². The third-order valence-corrected chi connectivity index (χ3v) is 2.25. The molecule has 0 radical (unpaired) electrons. The number of rotatable bonds is 2. The van der Waals surface area contributed by atoms with E-state index in [4.69, 9.17) is 4.74 Å². The third kappa shape index (κ3) is 5.62. The summed E-state index contributed by atoms with van der Waals surface area (Å²) in [6.07, 6.45) is 3.60. The molecule has 1 unspecified atom stereocenters. The molecule has 2 amide bonds. The minimum Gasteiger partial charge on any atom is -0.376 e. The number of hydrogen-bond acceptors (Lipinski definition) is 2. The number of hydrogen-bond donors (Lipinski definition) is 2. The number of urea groups is 1. The van der Waals surface area contributed by atoms with E-state index in [-0.39, 0.29) is 17.7 Å². The summed E-state index contributed by atoms with van der Waals surface area (Å²) in [6.45, 7) is 7.33. The Balaban J connectivity index is 2.15. The van der Waals surface area contributed by atoms with Crippen molar-refractivity contribution in [1.29, 1.82) is 0 Å². The van der Waals surface area contributed by atoms with Crippen LogP contribution in [0.1, 0.15) is 40.0 Å². The molecule has 0 saturated carbocycles. The van der Waals surface area contributed by atoms with Crippen molar-refractivity contribution >= 4 is 6.03 Å². The molecule has 1 saturated heterocycles. The van der Waals surface area contributed by atoms with E-state index in [0.29, 0.717) is 6.54 Å². The SMILES string of the molecule is CC(C)(C)NC(=O)NCC1CCCCO1. The number of nitrogens with one attached hydrogen (secondary N) is 2. The Morgan fingerprint density at radius 1 is 1.40 bits per heavy atom. The first kappa shape index (κ1) is 12.3. The highest BCUT2D eigenvalue weighted by Gasteiger charge is 2.17. The first-order valence-electron chi connectivity index (χ1n) is 5.65. The summed E-state index contributed by atoms with van der Waals surface area (Å²) in [5.74, 6) is 0. The second-order valence-corrected chi connectivity index (χ2v) is 5.07. The van der Waals surface area contributed by atoms with Crippen molar-refractivity contribution in [3.05, 3.63) is 0 Å². The minimum absolute atomic E-state index is 0.114. The van der Waals surface area contributed by atoms with E-state index >= 15 is 0 Å². The molecule has 0 bridgehead atoms. The van der Waals surface area contributed by atoms with Crippen molar-refractivity contribution in [3.63, 3.8) is 0 Å². The smallest absolute Gasteiger partial charge is 0.315 e. The van der Waals surface area contributed by atoms with Gasteiger partial charge in [-0.2, -0.15) is 0 Å². The van der Waals surface area contributed by atoms with Crippen molar-refractivity contribution in [1.82, 2.24) is 10.6 Å². The minimum atomic E-state index is -0.183. The standard InChI is InChI=1S/C11H22N2O2/c1-11(2,3)13-10(14)12-8-9-6-4-5-7-15-9/h9H,4-8H2,1-3H3,(H2,12,13,14). The zero-order valence-corrected chi connectivity index (χ0v) is 9.93. The van der Waals surface area contributed by atoms with Gasteiger partial charge in [0.15, 0.2) is 0 Å². The molecule has 15 heavy (non-hydrogen) atoms. The van der Waals surface area contributed by atoms with Crippen LogP contribution in [-0.2, 0) is 4.74 Å². The average molecular weight is 214 g/mol. The van der Waals surface area contributed by atoms with Crippen LogP contribution in [0.15, 0.2) is 0 Å². The van der Waals surface area contributed by atoms with Gasteiger partial charge >= 0.3 is 6.03 Å². The summed E-state index contributed by atoms with van der Waals surface area (Å²) in [7, 11) is 0. The summed E-state index contributed by atoms with van der Waals surface area (Å²) in [5, 5.41) is 5.69. The van der Waals surface area contributed by atoms with E-state index in [0.717, 1.165) is 19.4 Å². The van der Waals surface area contributed by atoms with Gasteiger partial charge in [0.2, 0.25) is 0 Å². The largest absolute Gasteiger partial charge is 0.376 e. The Kier molecular flexibility index (Phi) is 4.39. The van der Waals surface area contributed by atoms with Crippen LogP contribution in [-0.4, -0.2) is 30.8 Å². The molecule has 1 aliphatic heterocycles. The lowest BCUT2D eigenvalue weighted by atomic mass is 10.1. The van der Waals surface area contributed by atoms with Crippen molar-refractivity contribution < 1.29 is 9.53 Å². The zero-order valence-electron chi connectivity index (χ0n) is 9.93. The quantitative estimate of drug-likeness (QED) is 0.734. The molecule has 1 atom stereocenters. The van der Waals surface area contributed by atoms with Crippen LogP contribution in [0.5, 0.6) is 0 Å². The van der Waals surface area contributed by atoms with E-state index in [1.807, 2.05) is 20.8 Å². The van der Waals surface area contributed by atoms with Gasteiger partial charge in [-0.25, -0.2) is 4.79 Å². The molecule has 2 N–H and O–H groups in total. The maximum atomic E-state index is 11.4. The van der Waals surface area contributed by atoms with E-state index in [9.17, 15) is 4.79 Å².